The van der Waals surface area contributed by atoms with Crippen molar-refractivity contribution < 1.29 is 4.74 Å². The summed E-state index contributed by atoms with van der Waals surface area (Å²) in [6.07, 6.45) is 3.47. The van der Waals surface area contributed by atoms with Crippen LogP contribution in [0.1, 0.15) is 44.6 Å². The van der Waals surface area contributed by atoms with Crippen LogP contribution in [0.15, 0.2) is 29.5 Å². The molecule has 0 aliphatic rings. The smallest absolute Gasteiger partial charge is 0.191 e. The Hall–Kier alpha value is -1.10. The van der Waals surface area contributed by atoms with E-state index in [0.717, 1.165) is 43.3 Å². The first-order valence-electron chi connectivity index (χ1n) is 9.99. The van der Waals surface area contributed by atoms with Crippen LogP contribution in [0.4, 0.5) is 0 Å². The van der Waals surface area contributed by atoms with Crippen LogP contribution in [-0.2, 0) is 17.7 Å². The van der Waals surface area contributed by atoms with Crippen molar-refractivity contribution in [1.82, 2.24) is 25.4 Å². The number of nitrogens with zero attached hydrogens (tertiary/aromatic N) is 4. The Labute approximate surface area is 206 Å². The van der Waals surface area contributed by atoms with Gasteiger partial charge in [-0.05, 0) is 38.0 Å². The molecule has 0 aliphatic heterocycles. The van der Waals surface area contributed by atoms with Gasteiger partial charge in [0, 0.05) is 49.3 Å². The number of ether oxygens (including phenoxy) is 1. The Kier molecular flexibility index (Phi) is 13.3. The predicted octanol–water partition coefficient (Wildman–Crippen LogP) is 4.49. The monoisotopic (exact) mass is 568 g/mol. The average molecular weight is 569 g/mol. The maximum atomic E-state index is 6.36. The number of aryl methyl sites for hydroxylation is 1. The zero-order valence-corrected chi connectivity index (χ0v) is 21.5. The van der Waals surface area contributed by atoms with Crippen LogP contribution in [0.25, 0.3) is 0 Å². The van der Waals surface area contributed by atoms with Crippen LogP contribution in [0, 0.1) is 0 Å². The highest BCUT2D eigenvalue weighted by atomic mass is 127. The van der Waals surface area contributed by atoms with E-state index < -0.39 is 0 Å². The summed E-state index contributed by atoms with van der Waals surface area (Å²) in [5.41, 5.74) is 0.965. The summed E-state index contributed by atoms with van der Waals surface area (Å²) in [6.45, 7) is 9.65. The summed E-state index contributed by atoms with van der Waals surface area (Å²) in [6, 6.07) is 5.49. The van der Waals surface area contributed by atoms with Crippen molar-refractivity contribution >= 4 is 53.1 Å². The molecule has 0 radical (unpaired) electrons. The molecule has 0 spiro atoms. The molecule has 30 heavy (non-hydrogen) atoms. The Morgan fingerprint density at radius 1 is 1.30 bits per heavy atom. The van der Waals surface area contributed by atoms with Gasteiger partial charge >= 0.3 is 0 Å². The number of hydrogen-bond acceptors (Lipinski definition) is 4. The van der Waals surface area contributed by atoms with Crippen LogP contribution >= 0.6 is 47.2 Å². The molecule has 168 valence electrons. The summed E-state index contributed by atoms with van der Waals surface area (Å²) in [7, 11) is 0. The third-order valence-corrected chi connectivity index (χ3v) is 4.92. The second-order valence-corrected chi connectivity index (χ2v) is 7.38. The van der Waals surface area contributed by atoms with Crippen molar-refractivity contribution in [3.8, 4) is 0 Å². The van der Waals surface area contributed by atoms with E-state index in [1.165, 1.54) is 0 Å². The average Bonchev–Trinajstić information content (AvgIpc) is 3.15. The van der Waals surface area contributed by atoms with E-state index >= 15 is 0 Å². The Bertz CT molecular complexity index is 786. The number of rotatable bonds is 11. The highest BCUT2D eigenvalue weighted by Gasteiger charge is 2.12. The highest BCUT2D eigenvalue weighted by molar-refractivity contribution is 14.0. The minimum Gasteiger partial charge on any atom is -0.382 e. The second-order valence-electron chi connectivity index (χ2n) is 6.53. The molecule has 10 heteroatoms. The lowest BCUT2D eigenvalue weighted by molar-refractivity contribution is 0.146. The van der Waals surface area contributed by atoms with E-state index in [1.54, 1.807) is 12.4 Å². The molecule has 1 atom stereocenters. The number of halogens is 3. The minimum absolute atomic E-state index is 0. The van der Waals surface area contributed by atoms with E-state index in [2.05, 4.69) is 32.7 Å². The van der Waals surface area contributed by atoms with E-state index in [9.17, 15) is 0 Å². The predicted molar refractivity (Wildman–Crippen MR) is 134 cm³/mol. The molecule has 0 amide bonds. The van der Waals surface area contributed by atoms with Gasteiger partial charge in [0.1, 0.15) is 12.2 Å². The lowest BCUT2D eigenvalue weighted by Crippen LogP contribution is -2.40. The van der Waals surface area contributed by atoms with Crippen molar-refractivity contribution in [2.24, 2.45) is 4.99 Å². The fraction of sp³-hybridized carbons (Fsp3) is 0.550. The van der Waals surface area contributed by atoms with Crippen LogP contribution in [0.3, 0.4) is 0 Å². The second kappa shape index (κ2) is 14.8. The molecule has 1 unspecified atom stereocenters. The van der Waals surface area contributed by atoms with Gasteiger partial charge in [-0.2, -0.15) is 0 Å². The molecule has 0 bridgehead atoms. The molecule has 1 aromatic heterocycles. The largest absolute Gasteiger partial charge is 0.382 e. The SMILES string of the molecule is CCOCCCN=C(NCCn1cnnc1CC)NC(C)c1ccc(Cl)cc1Cl.I. The summed E-state index contributed by atoms with van der Waals surface area (Å²) < 4.78 is 7.43. The maximum Gasteiger partial charge on any atom is 0.191 e. The van der Waals surface area contributed by atoms with Gasteiger partial charge in [0.05, 0.1) is 6.04 Å². The lowest BCUT2D eigenvalue weighted by Gasteiger charge is -2.20. The number of aromatic nitrogens is 3. The van der Waals surface area contributed by atoms with Crippen molar-refractivity contribution in [3.05, 3.63) is 46.0 Å². The van der Waals surface area contributed by atoms with Gasteiger partial charge in [0.15, 0.2) is 5.96 Å². The number of hydrogen-bond donors (Lipinski definition) is 2. The van der Waals surface area contributed by atoms with Gasteiger partial charge in [-0.1, -0.05) is 36.2 Å². The van der Waals surface area contributed by atoms with Gasteiger partial charge in [-0.25, -0.2) is 0 Å². The molecule has 0 saturated carbocycles. The van der Waals surface area contributed by atoms with Crippen molar-refractivity contribution in [2.45, 2.75) is 46.2 Å². The first-order valence-corrected chi connectivity index (χ1v) is 10.7. The molecule has 0 saturated heterocycles. The number of benzene rings is 1. The molecule has 1 aromatic carbocycles. The van der Waals surface area contributed by atoms with Crippen LogP contribution in [0.5, 0.6) is 0 Å². The van der Waals surface area contributed by atoms with Crippen molar-refractivity contribution in [3.63, 3.8) is 0 Å². The summed E-state index contributed by atoms with van der Waals surface area (Å²) >= 11 is 12.4. The molecular weight excluding hydrogens is 538 g/mol. The molecule has 2 rings (SSSR count). The first-order chi connectivity index (χ1) is 14.0. The van der Waals surface area contributed by atoms with Crippen LogP contribution < -0.4 is 10.6 Å². The third kappa shape index (κ3) is 8.95. The van der Waals surface area contributed by atoms with E-state index in [1.807, 2.05) is 30.5 Å². The number of aliphatic imine (C=N–C) groups is 1. The molecule has 7 nitrogen and oxygen atoms in total. The molecule has 2 aromatic rings. The van der Waals surface area contributed by atoms with E-state index in [4.69, 9.17) is 27.9 Å². The Morgan fingerprint density at radius 2 is 2.10 bits per heavy atom. The summed E-state index contributed by atoms with van der Waals surface area (Å²) in [5, 5.41) is 16.1. The topological polar surface area (TPSA) is 76.4 Å². The summed E-state index contributed by atoms with van der Waals surface area (Å²) in [5.74, 6) is 1.70. The molecular formula is C20H31Cl2IN6O. The van der Waals surface area contributed by atoms with Crippen LogP contribution in [0.2, 0.25) is 10.0 Å². The van der Waals surface area contributed by atoms with Crippen LogP contribution in [-0.4, -0.2) is 47.0 Å². The van der Waals surface area contributed by atoms with Gasteiger partial charge in [-0.3, -0.25) is 4.99 Å². The van der Waals surface area contributed by atoms with E-state index in [0.29, 0.717) is 29.7 Å². The van der Waals surface area contributed by atoms with Crippen molar-refractivity contribution in [1.29, 1.82) is 0 Å². The molecule has 2 N–H and O–H groups in total. The molecule has 0 aliphatic carbocycles. The fourth-order valence-electron chi connectivity index (χ4n) is 2.82. The van der Waals surface area contributed by atoms with Crippen molar-refractivity contribution in [2.75, 3.05) is 26.3 Å². The number of nitrogens with one attached hydrogen (secondary N) is 2. The quantitative estimate of drug-likeness (QED) is 0.181. The standard InChI is InChI=1S/C20H30Cl2N6O.HI/c1-4-19-27-25-14-28(19)11-10-24-20(23-9-6-12-29-5-2)26-15(3)17-8-7-16(21)13-18(17)22;/h7-8,13-15H,4-6,9-12H2,1-3H3,(H2,23,24,26);1H. The van der Waals surface area contributed by atoms with Gasteiger partial charge in [0.25, 0.3) is 0 Å². The first kappa shape index (κ1) is 26.9. The van der Waals surface area contributed by atoms with Gasteiger partial charge < -0.3 is 19.9 Å². The molecule has 0 fully saturated rings. The Balaban J connectivity index is 0.00000450. The van der Waals surface area contributed by atoms with E-state index in [-0.39, 0.29) is 30.0 Å². The summed E-state index contributed by atoms with van der Waals surface area (Å²) in [4.78, 5) is 4.67. The maximum absolute atomic E-state index is 6.36. The fourth-order valence-corrected chi connectivity index (χ4v) is 3.40. The zero-order valence-electron chi connectivity index (χ0n) is 17.7. The number of guanidine groups is 1. The lowest BCUT2D eigenvalue weighted by atomic mass is 10.1. The van der Waals surface area contributed by atoms with Gasteiger partial charge in [-0.15, -0.1) is 34.2 Å². The Morgan fingerprint density at radius 3 is 2.80 bits per heavy atom. The minimum atomic E-state index is -0.0287. The molecule has 1 heterocycles. The zero-order chi connectivity index (χ0) is 21.1. The normalized spacial score (nSPS) is 12.4. The highest BCUT2D eigenvalue weighted by Crippen LogP contribution is 2.25. The van der Waals surface area contributed by atoms with Gasteiger partial charge in [0.2, 0.25) is 0 Å². The third-order valence-electron chi connectivity index (χ3n) is 4.36.